The number of anilines is 2. The molecule has 1 aliphatic heterocycles. The number of carbonyl (C=O) groups excluding carboxylic acids is 1. The van der Waals surface area contributed by atoms with E-state index < -0.39 is 0 Å². The summed E-state index contributed by atoms with van der Waals surface area (Å²) in [4.78, 5) is 11.2. The highest BCUT2D eigenvalue weighted by molar-refractivity contribution is 5.92. The SMILES string of the molecule is CC(=O)Nc1ccc(C)cc1NC1OC1OC(C)(C)C. The first kappa shape index (κ1) is 14.8. The number of amides is 1. The smallest absolute Gasteiger partial charge is 0.221 e. The minimum atomic E-state index is -0.249. The topological polar surface area (TPSA) is 62.9 Å². The number of ether oxygens (including phenoxy) is 2. The van der Waals surface area contributed by atoms with Crippen LogP contribution in [0.2, 0.25) is 0 Å². The third-order valence-electron chi connectivity index (χ3n) is 2.70. The van der Waals surface area contributed by atoms with Crippen LogP contribution < -0.4 is 10.6 Å². The van der Waals surface area contributed by atoms with Crippen molar-refractivity contribution < 1.29 is 14.3 Å². The Balaban J connectivity index is 2.03. The molecule has 0 aromatic heterocycles. The first-order valence-corrected chi connectivity index (χ1v) is 6.73. The van der Waals surface area contributed by atoms with E-state index >= 15 is 0 Å². The normalized spacial score (nSPS) is 21.4. The summed E-state index contributed by atoms with van der Waals surface area (Å²) in [5, 5.41) is 6.04. The molecular weight excluding hydrogens is 256 g/mol. The zero-order valence-electron chi connectivity index (χ0n) is 12.6. The second-order valence-corrected chi connectivity index (χ2v) is 6.03. The molecule has 0 radical (unpaired) electrons. The lowest BCUT2D eigenvalue weighted by Crippen LogP contribution is -2.23. The van der Waals surface area contributed by atoms with E-state index in [4.69, 9.17) is 9.47 Å². The van der Waals surface area contributed by atoms with Crippen LogP contribution in [-0.2, 0) is 14.3 Å². The molecular formula is C15H22N2O3. The van der Waals surface area contributed by atoms with Crippen molar-refractivity contribution in [2.24, 2.45) is 0 Å². The summed E-state index contributed by atoms with van der Waals surface area (Å²) in [6.45, 7) is 9.45. The lowest BCUT2D eigenvalue weighted by atomic mass is 10.2. The molecule has 1 aliphatic rings. The molecule has 1 aromatic rings. The molecule has 2 N–H and O–H groups in total. The van der Waals surface area contributed by atoms with Crippen LogP contribution in [0, 0.1) is 6.92 Å². The van der Waals surface area contributed by atoms with Gasteiger partial charge in [-0.25, -0.2) is 0 Å². The summed E-state index contributed by atoms with van der Waals surface area (Å²) in [5.41, 5.74) is 2.45. The molecule has 0 aliphatic carbocycles. The van der Waals surface area contributed by atoms with Crippen LogP contribution in [0.3, 0.4) is 0 Å². The van der Waals surface area contributed by atoms with Gasteiger partial charge < -0.3 is 20.1 Å². The zero-order chi connectivity index (χ0) is 14.9. The number of hydrogen-bond acceptors (Lipinski definition) is 4. The summed E-state index contributed by atoms with van der Waals surface area (Å²) in [5.74, 6) is -0.101. The van der Waals surface area contributed by atoms with E-state index in [0.29, 0.717) is 0 Å². The Bertz CT molecular complexity index is 508. The first-order valence-electron chi connectivity index (χ1n) is 6.73. The Morgan fingerprint density at radius 2 is 2.00 bits per heavy atom. The van der Waals surface area contributed by atoms with Gasteiger partial charge in [-0.15, -0.1) is 0 Å². The molecule has 2 atom stereocenters. The second kappa shape index (κ2) is 5.42. The maximum absolute atomic E-state index is 11.2. The Morgan fingerprint density at radius 1 is 1.30 bits per heavy atom. The van der Waals surface area contributed by atoms with E-state index in [9.17, 15) is 4.79 Å². The third kappa shape index (κ3) is 4.21. The predicted molar refractivity (Wildman–Crippen MR) is 78.6 cm³/mol. The second-order valence-electron chi connectivity index (χ2n) is 6.03. The average Bonchev–Trinajstić information content (AvgIpc) is 2.97. The van der Waals surface area contributed by atoms with Gasteiger partial charge in [0.05, 0.1) is 17.0 Å². The van der Waals surface area contributed by atoms with E-state index in [1.54, 1.807) is 0 Å². The van der Waals surface area contributed by atoms with Crippen molar-refractivity contribution in [2.75, 3.05) is 10.6 Å². The number of benzene rings is 1. The monoisotopic (exact) mass is 278 g/mol. The van der Waals surface area contributed by atoms with Crippen molar-refractivity contribution in [2.45, 2.75) is 52.7 Å². The molecule has 1 fully saturated rings. The highest BCUT2D eigenvalue weighted by Crippen LogP contribution is 2.32. The van der Waals surface area contributed by atoms with Gasteiger partial charge in [0.2, 0.25) is 12.2 Å². The van der Waals surface area contributed by atoms with Gasteiger partial charge >= 0.3 is 0 Å². The Labute approximate surface area is 119 Å². The lowest BCUT2D eigenvalue weighted by molar-refractivity contribution is -0.114. The number of carbonyl (C=O) groups is 1. The van der Waals surface area contributed by atoms with E-state index in [0.717, 1.165) is 16.9 Å². The molecule has 0 saturated carbocycles. The lowest BCUT2D eigenvalue weighted by Gasteiger charge is -2.18. The fraction of sp³-hybridized carbons (Fsp3) is 0.533. The van der Waals surface area contributed by atoms with Crippen molar-refractivity contribution in [1.29, 1.82) is 0 Å². The van der Waals surface area contributed by atoms with Crippen LogP contribution in [0.25, 0.3) is 0 Å². The molecule has 1 saturated heterocycles. The standard InChI is InChI=1S/C15H22N2O3/c1-9-6-7-11(16-10(2)18)12(8-9)17-13-14(19-13)20-15(3,4)5/h6-8,13-14,17H,1-5H3,(H,16,18). The molecule has 0 spiro atoms. The van der Waals surface area contributed by atoms with Gasteiger partial charge in [0.1, 0.15) is 0 Å². The van der Waals surface area contributed by atoms with Crippen molar-refractivity contribution in [1.82, 2.24) is 0 Å². The van der Waals surface area contributed by atoms with E-state index in [-0.39, 0.29) is 24.0 Å². The van der Waals surface area contributed by atoms with Crippen LogP contribution in [-0.4, -0.2) is 24.0 Å². The molecule has 1 aromatic carbocycles. The van der Waals surface area contributed by atoms with Crippen LogP contribution in [0.15, 0.2) is 18.2 Å². The fourth-order valence-electron chi connectivity index (χ4n) is 1.87. The van der Waals surface area contributed by atoms with Crippen LogP contribution in [0.5, 0.6) is 0 Å². The molecule has 110 valence electrons. The van der Waals surface area contributed by atoms with Crippen molar-refractivity contribution in [3.05, 3.63) is 23.8 Å². The van der Waals surface area contributed by atoms with Crippen LogP contribution in [0.4, 0.5) is 11.4 Å². The van der Waals surface area contributed by atoms with Gasteiger partial charge in [-0.2, -0.15) is 0 Å². The number of hydrogen-bond donors (Lipinski definition) is 2. The molecule has 2 unspecified atom stereocenters. The van der Waals surface area contributed by atoms with Gasteiger partial charge in [0.15, 0.2) is 6.23 Å². The van der Waals surface area contributed by atoms with E-state index in [2.05, 4.69) is 10.6 Å². The molecule has 20 heavy (non-hydrogen) atoms. The minimum Gasteiger partial charge on any atom is -0.354 e. The van der Waals surface area contributed by atoms with Crippen molar-refractivity contribution >= 4 is 17.3 Å². The summed E-state index contributed by atoms with van der Waals surface area (Å²) in [6.07, 6.45) is -0.427. The van der Waals surface area contributed by atoms with E-state index in [1.165, 1.54) is 6.92 Å². The molecule has 0 bridgehead atoms. The first-order chi connectivity index (χ1) is 9.24. The molecule has 5 nitrogen and oxygen atoms in total. The van der Waals surface area contributed by atoms with Gasteiger partial charge in [-0.1, -0.05) is 6.07 Å². The highest BCUT2D eigenvalue weighted by atomic mass is 16.8. The van der Waals surface area contributed by atoms with Crippen molar-refractivity contribution in [3.63, 3.8) is 0 Å². The van der Waals surface area contributed by atoms with Gasteiger partial charge in [-0.3, -0.25) is 4.79 Å². The van der Waals surface area contributed by atoms with Gasteiger partial charge in [0, 0.05) is 6.92 Å². The Hall–Kier alpha value is -1.59. The maximum atomic E-state index is 11.2. The Morgan fingerprint density at radius 3 is 2.60 bits per heavy atom. The summed E-state index contributed by atoms with van der Waals surface area (Å²) >= 11 is 0. The van der Waals surface area contributed by atoms with Crippen molar-refractivity contribution in [3.8, 4) is 0 Å². The van der Waals surface area contributed by atoms with Crippen LogP contribution in [0.1, 0.15) is 33.3 Å². The maximum Gasteiger partial charge on any atom is 0.221 e. The summed E-state index contributed by atoms with van der Waals surface area (Å²) in [6, 6.07) is 5.80. The highest BCUT2D eigenvalue weighted by Gasteiger charge is 2.43. The quantitative estimate of drug-likeness (QED) is 0.831. The summed E-state index contributed by atoms with van der Waals surface area (Å²) < 4.78 is 11.2. The zero-order valence-corrected chi connectivity index (χ0v) is 12.6. The molecule has 1 heterocycles. The molecule has 5 heteroatoms. The Kier molecular flexibility index (Phi) is 4.01. The number of epoxide rings is 1. The molecule has 1 amide bonds. The largest absolute Gasteiger partial charge is 0.354 e. The fourth-order valence-corrected chi connectivity index (χ4v) is 1.87. The number of aryl methyl sites for hydroxylation is 1. The predicted octanol–water partition coefficient (Wildman–Crippen LogP) is 2.86. The van der Waals surface area contributed by atoms with Crippen LogP contribution >= 0.6 is 0 Å². The average molecular weight is 278 g/mol. The minimum absolute atomic E-state index is 0.101. The van der Waals surface area contributed by atoms with Gasteiger partial charge in [-0.05, 0) is 45.4 Å². The third-order valence-corrected chi connectivity index (χ3v) is 2.70. The van der Waals surface area contributed by atoms with E-state index in [1.807, 2.05) is 45.9 Å². The number of nitrogens with one attached hydrogen (secondary N) is 2. The molecule has 2 rings (SSSR count). The van der Waals surface area contributed by atoms with Gasteiger partial charge in [0.25, 0.3) is 0 Å². The number of rotatable bonds is 4. The summed E-state index contributed by atoms with van der Waals surface area (Å²) in [7, 11) is 0.